The van der Waals surface area contributed by atoms with Crippen LogP contribution in [0.5, 0.6) is 5.88 Å². The van der Waals surface area contributed by atoms with Crippen LogP contribution < -0.4 is 15.0 Å². The lowest BCUT2D eigenvalue weighted by Gasteiger charge is -2.28. The van der Waals surface area contributed by atoms with Crippen molar-refractivity contribution in [2.24, 2.45) is 5.92 Å². The highest BCUT2D eigenvalue weighted by Gasteiger charge is 2.17. The Labute approximate surface area is 114 Å². The molecule has 1 aliphatic heterocycles. The van der Waals surface area contributed by atoms with E-state index < -0.39 is 0 Å². The van der Waals surface area contributed by atoms with Gasteiger partial charge in [0.25, 0.3) is 0 Å². The molecule has 5 nitrogen and oxygen atoms in total. The highest BCUT2D eigenvalue weighted by Crippen LogP contribution is 2.25. The molecule has 3 rings (SSSR count). The Morgan fingerprint density at radius 2 is 2.00 bits per heavy atom. The van der Waals surface area contributed by atoms with Crippen LogP contribution >= 0.6 is 0 Å². The van der Waals surface area contributed by atoms with E-state index in [-0.39, 0.29) is 0 Å². The van der Waals surface area contributed by atoms with Gasteiger partial charge in [0.2, 0.25) is 5.88 Å². The minimum Gasteiger partial charge on any atom is -0.476 e. The number of nitrogens with one attached hydrogen (secondary N) is 1. The Balaban J connectivity index is 1.58. The van der Waals surface area contributed by atoms with E-state index in [1.54, 1.807) is 6.20 Å². The third kappa shape index (κ3) is 3.35. The van der Waals surface area contributed by atoms with Crippen molar-refractivity contribution in [2.75, 3.05) is 37.7 Å². The number of aromatic nitrogens is 2. The summed E-state index contributed by atoms with van der Waals surface area (Å²) in [5.41, 5.74) is 0. The smallest absolute Gasteiger partial charge is 0.234 e. The fourth-order valence-corrected chi connectivity index (χ4v) is 2.83. The van der Waals surface area contributed by atoms with Gasteiger partial charge in [0.1, 0.15) is 0 Å². The van der Waals surface area contributed by atoms with Gasteiger partial charge in [-0.3, -0.25) is 4.98 Å². The highest BCUT2D eigenvalue weighted by molar-refractivity contribution is 5.38. The molecule has 1 aliphatic carbocycles. The average molecular weight is 262 g/mol. The lowest BCUT2D eigenvalue weighted by atomic mass is 10.1. The molecule has 0 amide bonds. The summed E-state index contributed by atoms with van der Waals surface area (Å²) >= 11 is 0. The van der Waals surface area contributed by atoms with Crippen LogP contribution in [0.4, 0.5) is 5.82 Å². The van der Waals surface area contributed by atoms with E-state index in [2.05, 4.69) is 20.2 Å². The van der Waals surface area contributed by atoms with Crippen molar-refractivity contribution in [1.82, 2.24) is 15.3 Å². The van der Waals surface area contributed by atoms with Crippen LogP contribution in [0.2, 0.25) is 0 Å². The third-order valence-electron chi connectivity index (χ3n) is 3.98. The van der Waals surface area contributed by atoms with Crippen LogP contribution in [0.1, 0.15) is 25.7 Å². The zero-order valence-electron chi connectivity index (χ0n) is 11.3. The second-order valence-electron chi connectivity index (χ2n) is 5.41. The van der Waals surface area contributed by atoms with E-state index in [0.29, 0.717) is 11.8 Å². The Morgan fingerprint density at radius 1 is 1.21 bits per heavy atom. The normalized spacial score (nSPS) is 20.7. The molecule has 1 aromatic rings. The minimum atomic E-state index is 0.669. The quantitative estimate of drug-likeness (QED) is 0.890. The number of anilines is 1. The molecule has 0 spiro atoms. The molecule has 2 fully saturated rings. The first kappa shape index (κ1) is 12.7. The molecular formula is C14H22N4O. The van der Waals surface area contributed by atoms with Gasteiger partial charge in [0.05, 0.1) is 19.0 Å². The molecule has 104 valence electrons. The molecule has 2 heterocycles. The van der Waals surface area contributed by atoms with Gasteiger partial charge in [-0.05, 0) is 18.8 Å². The van der Waals surface area contributed by atoms with Crippen LogP contribution in [-0.2, 0) is 0 Å². The van der Waals surface area contributed by atoms with Crippen molar-refractivity contribution < 1.29 is 4.74 Å². The Bertz CT molecular complexity index is 400. The summed E-state index contributed by atoms with van der Waals surface area (Å²) in [5.74, 6) is 2.32. The summed E-state index contributed by atoms with van der Waals surface area (Å²) < 4.78 is 5.81. The standard InChI is InChI=1S/C14H22N4O/c1-2-4-12(3-1)11-19-14-10-16-9-13(17-14)18-7-5-15-6-8-18/h9-10,12,15H,1-8,11H2. The van der Waals surface area contributed by atoms with E-state index in [1.165, 1.54) is 25.7 Å². The van der Waals surface area contributed by atoms with Crippen molar-refractivity contribution in [2.45, 2.75) is 25.7 Å². The molecule has 0 radical (unpaired) electrons. The van der Waals surface area contributed by atoms with Crippen LogP contribution in [-0.4, -0.2) is 42.8 Å². The lowest BCUT2D eigenvalue weighted by Crippen LogP contribution is -2.43. The van der Waals surface area contributed by atoms with E-state index in [9.17, 15) is 0 Å². The first-order valence-electron chi connectivity index (χ1n) is 7.32. The fourth-order valence-electron chi connectivity index (χ4n) is 2.83. The van der Waals surface area contributed by atoms with Crippen molar-refractivity contribution >= 4 is 5.82 Å². The van der Waals surface area contributed by atoms with Gasteiger partial charge in [-0.1, -0.05) is 12.8 Å². The fraction of sp³-hybridized carbons (Fsp3) is 0.714. The number of hydrogen-bond acceptors (Lipinski definition) is 5. The topological polar surface area (TPSA) is 50.3 Å². The molecule has 5 heteroatoms. The van der Waals surface area contributed by atoms with E-state index >= 15 is 0 Å². The minimum absolute atomic E-state index is 0.669. The highest BCUT2D eigenvalue weighted by atomic mass is 16.5. The van der Waals surface area contributed by atoms with Gasteiger partial charge < -0.3 is 15.0 Å². The Morgan fingerprint density at radius 3 is 2.79 bits per heavy atom. The summed E-state index contributed by atoms with van der Waals surface area (Å²) in [4.78, 5) is 11.1. The average Bonchev–Trinajstić information content (AvgIpc) is 3.00. The molecule has 19 heavy (non-hydrogen) atoms. The first-order valence-corrected chi connectivity index (χ1v) is 7.32. The van der Waals surface area contributed by atoms with Crippen molar-refractivity contribution in [1.29, 1.82) is 0 Å². The van der Waals surface area contributed by atoms with Crippen molar-refractivity contribution in [3.05, 3.63) is 12.4 Å². The molecule has 1 saturated heterocycles. The lowest BCUT2D eigenvalue weighted by molar-refractivity contribution is 0.242. The Kier molecular flexibility index (Phi) is 4.13. The molecule has 0 atom stereocenters. The van der Waals surface area contributed by atoms with E-state index in [4.69, 9.17) is 4.74 Å². The van der Waals surface area contributed by atoms with Crippen LogP contribution in [0.25, 0.3) is 0 Å². The maximum Gasteiger partial charge on any atom is 0.234 e. The third-order valence-corrected chi connectivity index (χ3v) is 3.98. The van der Waals surface area contributed by atoms with Crippen LogP contribution in [0, 0.1) is 5.92 Å². The summed E-state index contributed by atoms with van der Waals surface area (Å²) in [6, 6.07) is 0. The molecule has 0 unspecified atom stereocenters. The van der Waals surface area contributed by atoms with Crippen LogP contribution in [0.15, 0.2) is 12.4 Å². The summed E-state index contributed by atoms with van der Waals surface area (Å²) in [5, 5.41) is 3.34. The van der Waals surface area contributed by atoms with Gasteiger partial charge in [-0.15, -0.1) is 0 Å². The van der Waals surface area contributed by atoms with Gasteiger partial charge >= 0.3 is 0 Å². The van der Waals surface area contributed by atoms with Crippen molar-refractivity contribution in [3.8, 4) is 5.88 Å². The summed E-state index contributed by atoms with van der Waals surface area (Å²) in [6.07, 6.45) is 8.84. The van der Waals surface area contributed by atoms with E-state index in [0.717, 1.165) is 38.6 Å². The monoisotopic (exact) mass is 262 g/mol. The molecule has 0 bridgehead atoms. The number of nitrogens with zero attached hydrogens (tertiary/aromatic N) is 3. The van der Waals surface area contributed by atoms with E-state index in [1.807, 2.05) is 6.20 Å². The maximum absolute atomic E-state index is 5.81. The molecule has 2 aliphatic rings. The zero-order chi connectivity index (χ0) is 12.9. The Hall–Kier alpha value is -1.36. The largest absolute Gasteiger partial charge is 0.476 e. The second kappa shape index (κ2) is 6.19. The predicted molar refractivity (Wildman–Crippen MR) is 74.6 cm³/mol. The number of piperazine rings is 1. The molecule has 1 N–H and O–H groups in total. The SMILES string of the molecule is c1ncc(N2CCNCC2)nc1OCC1CCCC1. The van der Waals surface area contributed by atoms with Crippen molar-refractivity contribution in [3.63, 3.8) is 0 Å². The van der Waals surface area contributed by atoms with Crippen LogP contribution in [0.3, 0.4) is 0 Å². The van der Waals surface area contributed by atoms with Gasteiger partial charge in [0, 0.05) is 26.2 Å². The van der Waals surface area contributed by atoms with Gasteiger partial charge in [-0.2, -0.15) is 4.98 Å². The summed E-state index contributed by atoms with van der Waals surface area (Å²) in [7, 11) is 0. The zero-order valence-corrected chi connectivity index (χ0v) is 11.3. The molecule has 0 aromatic carbocycles. The number of rotatable bonds is 4. The predicted octanol–water partition coefficient (Wildman–Crippen LogP) is 1.46. The number of hydrogen-bond donors (Lipinski definition) is 1. The summed E-state index contributed by atoms with van der Waals surface area (Å²) in [6.45, 7) is 4.78. The number of ether oxygens (including phenoxy) is 1. The molecule has 1 aromatic heterocycles. The first-order chi connectivity index (χ1) is 9.42. The second-order valence-corrected chi connectivity index (χ2v) is 5.41. The molecular weight excluding hydrogens is 240 g/mol. The maximum atomic E-state index is 5.81. The van der Waals surface area contributed by atoms with Gasteiger partial charge in [0.15, 0.2) is 5.82 Å². The van der Waals surface area contributed by atoms with Gasteiger partial charge in [-0.25, -0.2) is 0 Å². The molecule has 1 saturated carbocycles.